The highest BCUT2D eigenvalue weighted by molar-refractivity contribution is 5.78. The number of likely N-dealkylation sites (tertiary alicyclic amines) is 1. The summed E-state index contributed by atoms with van der Waals surface area (Å²) in [7, 11) is 0. The number of carbonyl (C=O) groups is 1. The average molecular weight is 337 g/mol. The molecule has 0 aromatic heterocycles. The third-order valence-electron chi connectivity index (χ3n) is 4.93. The lowest BCUT2D eigenvalue weighted by Gasteiger charge is -2.17. The summed E-state index contributed by atoms with van der Waals surface area (Å²) in [6.45, 7) is 8.79. The van der Waals surface area contributed by atoms with E-state index < -0.39 is 0 Å². The van der Waals surface area contributed by atoms with Crippen LogP contribution in [0.5, 0.6) is 5.75 Å². The van der Waals surface area contributed by atoms with E-state index in [-0.39, 0.29) is 5.91 Å². The summed E-state index contributed by atoms with van der Waals surface area (Å²) < 4.78 is 5.95. The number of nitrogens with zero attached hydrogens (tertiary/aromatic N) is 1. The zero-order chi connectivity index (χ0) is 17.8. The van der Waals surface area contributed by atoms with Crippen LogP contribution in [0.15, 0.2) is 36.4 Å². The van der Waals surface area contributed by atoms with E-state index in [1.165, 1.54) is 27.8 Å². The average Bonchev–Trinajstić information content (AvgIpc) is 2.98. The van der Waals surface area contributed by atoms with Crippen LogP contribution in [0.1, 0.15) is 36.0 Å². The number of aryl methyl sites for hydroxylation is 3. The van der Waals surface area contributed by atoms with Gasteiger partial charge in [0.1, 0.15) is 5.75 Å². The van der Waals surface area contributed by atoms with E-state index in [2.05, 4.69) is 57.2 Å². The Hall–Kier alpha value is -2.29. The molecule has 3 heteroatoms. The summed E-state index contributed by atoms with van der Waals surface area (Å²) in [5.74, 6) is 1.20. The molecule has 0 atom stereocenters. The largest absolute Gasteiger partial charge is 0.494 e. The van der Waals surface area contributed by atoms with Crippen molar-refractivity contribution in [1.82, 2.24) is 4.90 Å². The predicted octanol–water partition coefficient (Wildman–Crippen LogP) is 4.67. The molecule has 0 radical (unpaired) electrons. The minimum atomic E-state index is 0.286. The Morgan fingerprint density at radius 2 is 1.76 bits per heavy atom. The van der Waals surface area contributed by atoms with Crippen molar-refractivity contribution < 1.29 is 9.53 Å². The van der Waals surface area contributed by atoms with Gasteiger partial charge in [0, 0.05) is 19.5 Å². The van der Waals surface area contributed by atoms with Crippen molar-refractivity contribution in [3.63, 3.8) is 0 Å². The van der Waals surface area contributed by atoms with Gasteiger partial charge in [0.05, 0.1) is 6.61 Å². The molecule has 0 spiro atoms. The van der Waals surface area contributed by atoms with E-state index in [9.17, 15) is 4.79 Å². The number of amides is 1. The number of hydrogen-bond acceptors (Lipinski definition) is 2. The van der Waals surface area contributed by atoms with Crippen LogP contribution in [0.4, 0.5) is 0 Å². The fourth-order valence-electron chi connectivity index (χ4n) is 3.67. The molecule has 0 bridgehead atoms. The van der Waals surface area contributed by atoms with Crippen LogP contribution >= 0.6 is 0 Å². The maximum atomic E-state index is 11.6. The molecule has 1 aliphatic heterocycles. The molecular weight excluding hydrogens is 310 g/mol. The summed E-state index contributed by atoms with van der Waals surface area (Å²) in [5.41, 5.74) is 6.35. The third kappa shape index (κ3) is 4.04. The summed E-state index contributed by atoms with van der Waals surface area (Å²) in [6, 6.07) is 12.7. The van der Waals surface area contributed by atoms with Crippen LogP contribution in [-0.2, 0) is 4.79 Å². The predicted molar refractivity (Wildman–Crippen MR) is 102 cm³/mol. The molecular formula is C22H27NO2. The SMILES string of the molecule is Cc1ccccc1-c1c(C)cc(OCCCN2CCCC2=O)cc1C. The van der Waals surface area contributed by atoms with Crippen molar-refractivity contribution in [3.05, 3.63) is 53.1 Å². The van der Waals surface area contributed by atoms with E-state index in [1.54, 1.807) is 0 Å². The lowest BCUT2D eigenvalue weighted by molar-refractivity contribution is -0.127. The molecule has 1 heterocycles. The van der Waals surface area contributed by atoms with Gasteiger partial charge >= 0.3 is 0 Å². The van der Waals surface area contributed by atoms with Gasteiger partial charge in [-0.15, -0.1) is 0 Å². The Balaban J connectivity index is 1.64. The molecule has 3 rings (SSSR count). The molecule has 3 nitrogen and oxygen atoms in total. The lowest BCUT2D eigenvalue weighted by atomic mass is 9.92. The van der Waals surface area contributed by atoms with Crippen LogP contribution in [-0.4, -0.2) is 30.5 Å². The molecule has 132 valence electrons. The second-order valence-electron chi connectivity index (χ2n) is 6.93. The van der Waals surface area contributed by atoms with Gasteiger partial charge in [0.15, 0.2) is 0 Å². The summed E-state index contributed by atoms with van der Waals surface area (Å²) in [4.78, 5) is 13.6. The first kappa shape index (κ1) is 17.5. The van der Waals surface area contributed by atoms with E-state index in [0.717, 1.165) is 31.7 Å². The van der Waals surface area contributed by atoms with Crippen molar-refractivity contribution in [2.45, 2.75) is 40.0 Å². The van der Waals surface area contributed by atoms with E-state index in [1.807, 2.05) is 4.90 Å². The maximum absolute atomic E-state index is 11.6. The molecule has 1 fully saturated rings. The Labute approximate surface area is 150 Å². The Bertz CT molecular complexity index is 743. The van der Waals surface area contributed by atoms with E-state index in [0.29, 0.717) is 13.0 Å². The standard InChI is InChI=1S/C22H27NO2/c1-16-8-4-5-9-20(16)22-17(2)14-19(15-18(22)3)25-13-7-12-23-11-6-10-21(23)24/h4-5,8-9,14-15H,6-7,10-13H2,1-3H3. The maximum Gasteiger partial charge on any atom is 0.222 e. The second kappa shape index (κ2) is 7.73. The van der Waals surface area contributed by atoms with Gasteiger partial charge in [-0.25, -0.2) is 0 Å². The molecule has 0 aliphatic carbocycles. The molecule has 2 aromatic rings. The number of benzene rings is 2. The zero-order valence-corrected chi connectivity index (χ0v) is 15.5. The Kier molecular flexibility index (Phi) is 5.42. The van der Waals surface area contributed by atoms with Gasteiger partial charge in [-0.1, -0.05) is 24.3 Å². The minimum Gasteiger partial charge on any atom is -0.494 e. The summed E-state index contributed by atoms with van der Waals surface area (Å²) >= 11 is 0. The van der Waals surface area contributed by atoms with Crippen molar-refractivity contribution in [2.75, 3.05) is 19.7 Å². The number of hydrogen-bond donors (Lipinski definition) is 0. The highest BCUT2D eigenvalue weighted by Gasteiger charge is 2.19. The minimum absolute atomic E-state index is 0.286. The van der Waals surface area contributed by atoms with Gasteiger partial charge in [0.2, 0.25) is 5.91 Å². The van der Waals surface area contributed by atoms with Crippen LogP contribution in [0.3, 0.4) is 0 Å². The smallest absolute Gasteiger partial charge is 0.222 e. The van der Waals surface area contributed by atoms with Crippen LogP contribution in [0, 0.1) is 20.8 Å². The Morgan fingerprint density at radius 3 is 2.40 bits per heavy atom. The fraction of sp³-hybridized carbons (Fsp3) is 0.409. The monoisotopic (exact) mass is 337 g/mol. The number of ether oxygens (including phenoxy) is 1. The third-order valence-corrected chi connectivity index (χ3v) is 4.93. The normalized spacial score (nSPS) is 14.2. The van der Waals surface area contributed by atoms with Crippen LogP contribution in [0.2, 0.25) is 0 Å². The van der Waals surface area contributed by atoms with Gasteiger partial charge in [-0.05, 0) is 73.6 Å². The lowest BCUT2D eigenvalue weighted by Crippen LogP contribution is -2.26. The van der Waals surface area contributed by atoms with Crippen molar-refractivity contribution in [3.8, 4) is 16.9 Å². The van der Waals surface area contributed by atoms with E-state index >= 15 is 0 Å². The highest BCUT2D eigenvalue weighted by Crippen LogP contribution is 2.32. The highest BCUT2D eigenvalue weighted by atomic mass is 16.5. The molecule has 0 unspecified atom stereocenters. The number of carbonyl (C=O) groups excluding carboxylic acids is 1. The van der Waals surface area contributed by atoms with Crippen molar-refractivity contribution in [1.29, 1.82) is 0 Å². The van der Waals surface area contributed by atoms with Crippen molar-refractivity contribution >= 4 is 5.91 Å². The van der Waals surface area contributed by atoms with Gasteiger partial charge in [0.25, 0.3) is 0 Å². The molecule has 0 saturated carbocycles. The van der Waals surface area contributed by atoms with Gasteiger partial charge in [-0.2, -0.15) is 0 Å². The zero-order valence-electron chi connectivity index (χ0n) is 15.5. The first-order valence-electron chi connectivity index (χ1n) is 9.14. The first-order chi connectivity index (χ1) is 12.1. The molecule has 1 aliphatic rings. The topological polar surface area (TPSA) is 29.5 Å². The molecule has 25 heavy (non-hydrogen) atoms. The molecule has 1 saturated heterocycles. The van der Waals surface area contributed by atoms with Crippen LogP contribution < -0.4 is 4.74 Å². The molecule has 0 N–H and O–H groups in total. The second-order valence-corrected chi connectivity index (χ2v) is 6.93. The van der Waals surface area contributed by atoms with Gasteiger partial charge < -0.3 is 9.64 Å². The molecule has 2 aromatic carbocycles. The fourth-order valence-corrected chi connectivity index (χ4v) is 3.67. The van der Waals surface area contributed by atoms with Gasteiger partial charge in [-0.3, -0.25) is 4.79 Å². The quantitative estimate of drug-likeness (QED) is 0.717. The summed E-state index contributed by atoms with van der Waals surface area (Å²) in [5, 5.41) is 0. The molecule has 1 amide bonds. The first-order valence-corrected chi connectivity index (χ1v) is 9.14. The van der Waals surface area contributed by atoms with Crippen molar-refractivity contribution in [2.24, 2.45) is 0 Å². The summed E-state index contributed by atoms with van der Waals surface area (Å²) in [6.07, 6.45) is 2.58. The van der Waals surface area contributed by atoms with E-state index in [4.69, 9.17) is 4.74 Å². The Morgan fingerprint density at radius 1 is 1.04 bits per heavy atom. The number of rotatable bonds is 6. The van der Waals surface area contributed by atoms with Crippen LogP contribution in [0.25, 0.3) is 11.1 Å².